The van der Waals surface area contributed by atoms with Crippen molar-refractivity contribution in [2.75, 3.05) is 45.2 Å². The van der Waals surface area contributed by atoms with E-state index in [2.05, 4.69) is 37.9 Å². The van der Waals surface area contributed by atoms with Crippen LogP contribution >= 0.6 is 11.6 Å². The van der Waals surface area contributed by atoms with E-state index in [0.717, 1.165) is 31.9 Å². The lowest BCUT2D eigenvalue weighted by atomic mass is 10.0. The van der Waals surface area contributed by atoms with Crippen molar-refractivity contribution in [2.24, 2.45) is 0 Å². The third kappa shape index (κ3) is 4.31. The van der Waals surface area contributed by atoms with Gasteiger partial charge in [0, 0.05) is 38.8 Å². The molecule has 0 aliphatic carbocycles. The molecule has 1 saturated heterocycles. The van der Waals surface area contributed by atoms with Crippen molar-refractivity contribution in [1.82, 2.24) is 20.4 Å². The molecule has 8 heteroatoms. The number of ether oxygens (including phenoxy) is 1. The quantitative estimate of drug-likeness (QED) is 0.721. The van der Waals surface area contributed by atoms with E-state index in [1.54, 1.807) is 7.11 Å². The fraction of sp³-hybridized carbons (Fsp3) is 0.412. The van der Waals surface area contributed by atoms with E-state index in [4.69, 9.17) is 16.3 Å². The van der Waals surface area contributed by atoms with Crippen molar-refractivity contribution in [3.8, 4) is 5.75 Å². The maximum Gasteiger partial charge on any atom is 0.289 e. The van der Waals surface area contributed by atoms with Crippen LogP contribution in [0.2, 0.25) is 5.02 Å². The van der Waals surface area contributed by atoms with Gasteiger partial charge < -0.3 is 15.4 Å². The van der Waals surface area contributed by atoms with Crippen LogP contribution < -0.4 is 20.9 Å². The fourth-order valence-electron chi connectivity index (χ4n) is 3.03. The van der Waals surface area contributed by atoms with E-state index in [-0.39, 0.29) is 11.6 Å². The molecule has 3 rings (SSSR count). The summed E-state index contributed by atoms with van der Waals surface area (Å²) in [6.45, 7) is 4.21. The maximum absolute atomic E-state index is 11.8. The Morgan fingerprint density at radius 1 is 1.40 bits per heavy atom. The van der Waals surface area contributed by atoms with E-state index >= 15 is 0 Å². The molecule has 1 atom stereocenters. The van der Waals surface area contributed by atoms with Crippen molar-refractivity contribution in [1.29, 1.82) is 0 Å². The molecule has 0 spiro atoms. The van der Waals surface area contributed by atoms with Gasteiger partial charge in [0.05, 0.1) is 18.3 Å². The molecule has 1 fully saturated rings. The molecule has 2 heterocycles. The molecule has 134 valence electrons. The van der Waals surface area contributed by atoms with Crippen LogP contribution in [-0.2, 0) is 0 Å². The second-order valence-electron chi connectivity index (χ2n) is 5.88. The minimum Gasteiger partial charge on any atom is -0.497 e. The highest BCUT2D eigenvalue weighted by molar-refractivity contribution is 6.32. The Kier molecular flexibility index (Phi) is 5.91. The molecular weight excluding hydrogens is 342 g/mol. The molecule has 1 aromatic heterocycles. The number of rotatable bonds is 6. The molecule has 0 amide bonds. The minimum atomic E-state index is -0.306. The van der Waals surface area contributed by atoms with Crippen molar-refractivity contribution in [3.05, 3.63) is 51.4 Å². The number of nitrogens with zero attached hydrogens (tertiary/aromatic N) is 2. The molecular formula is C17H22ClN5O2. The van der Waals surface area contributed by atoms with E-state index in [1.807, 2.05) is 12.1 Å². The van der Waals surface area contributed by atoms with Crippen molar-refractivity contribution < 1.29 is 4.74 Å². The first-order valence-corrected chi connectivity index (χ1v) is 8.62. The fourth-order valence-corrected chi connectivity index (χ4v) is 3.24. The number of halogens is 1. The highest BCUT2D eigenvalue weighted by Gasteiger charge is 2.23. The molecule has 1 aliphatic rings. The Morgan fingerprint density at radius 2 is 2.20 bits per heavy atom. The zero-order valence-corrected chi connectivity index (χ0v) is 14.8. The molecule has 0 bridgehead atoms. The summed E-state index contributed by atoms with van der Waals surface area (Å²) < 4.78 is 5.23. The Labute approximate surface area is 151 Å². The van der Waals surface area contributed by atoms with E-state index in [9.17, 15) is 4.79 Å². The largest absolute Gasteiger partial charge is 0.497 e. The topological polar surface area (TPSA) is 82.3 Å². The summed E-state index contributed by atoms with van der Waals surface area (Å²) in [7, 11) is 1.67. The first-order chi connectivity index (χ1) is 12.2. The van der Waals surface area contributed by atoms with E-state index in [0.29, 0.717) is 17.3 Å². The van der Waals surface area contributed by atoms with Crippen LogP contribution in [0.5, 0.6) is 5.75 Å². The van der Waals surface area contributed by atoms with Gasteiger partial charge in [-0.05, 0) is 17.7 Å². The zero-order chi connectivity index (χ0) is 17.6. The molecule has 7 nitrogen and oxygen atoms in total. The van der Waals surface area contributed by atoms with Crippen LogP contribution in [0.4, 0.5) is 5.69 Å². The van der Waals surface area contributed by atoms with E-state index in [1.165, 1.54) is 11.8 Å². The van der Waals surface area contributed by atoms with Crippen LogP contribution in [0.3, 0.4) is 0 Å². The zero-order valence-electron chi connectivity index (χ0n) is 14.1. The number of nitrogens with one attached hydrogen (secondary N) is 3. The number of hydrogen-bond donors (Lipinski definition) is 3. The van der Waals surface area contributed by atoms with Crippen LogP contribution in [0, 0.1) is 0 Å². The normalized spacial score (nSPS) is 18.1. The second kappa shape index (κ2) is 8.33. The Balaban J connectivity index is 1.64. The third-order valence-electron chi connectivity index (χ3n) is 4.37. The van der Waals surface area contributed by atoms with Gasteiger partial charge >= 0.3 is 0 Å². The summed E-state index contributed by atoms with van der Waals surface area (Å²) in [5.74, 6) is 0.854. The number of methoxy groups -OCH3 is 1. The van der Waals surface area contributed by atoms with Gasteiger partial charge in [-0.15, -0.1) is 0 Å². The van der Waals surface area contributed by atoms with Gasteiger partial charge in [-0.3, -0.25) is 9.69 Å². The van der Waals surface area contributed by atoms with Crippen LogP contribution in [0.1, 0.15) is 11.6 Å². The number of hydrogen-bond acceptors (Lipinski definition) is 6. The highest BCUT2D eigenvalue weighted by Crippen LogP contribution is 2.24. The molecule has 2 aromatic rings. The summed E-state index contributed by atoms with van der Waals surface area (Å²) in [5.41, 5.74) is 1.31. The first-order valence-electron chi connectivity index (χ1n) is 8.25. The van der Waals surface area contributed by atoms with Crippen molar-refractivity contribution >= 4 is 17.3 Å². The lowest BCUT2D eigenvalue weighted by Gasteiger charge is -2.36. The minimum absolute atomic E-state index is 0.285. The smallest absolute Gasteiger partial charge is 0.289 e. The number of piperazine rings is 1. The molecule has 1 unspecified atom stereocenters. The van der Waals surface area contributed by atoms with Crippen LogP contribution in [0.15, 0.2) is 35.3 Å². The standard InChI is InChI=1S/C17H22ClN5O2/c1-25-13-4-2-12(3-5-13)15-11-19-6-8-23(15)9-7-20-16-14(18)10-21-22-17(16)24/h2-5,10,15,19H,6-9,11H2,1H3,(H,20,21)(H,22,24). The number of benzene rings is 1. The first kappa shape index (κ1) is 17.7. The average molecular weight is 364 g/mol. The van der Waals surface area contributed by atoms with Crippen molar-refractivity contribution in [2.45, 2.75) is 6.04 Å². The average Bonchev–Trinajstić information content (AvgIpc) is 2.65. The molecule has 1 aliphatic heterocycles. The summed E-state index contributed by atoms with van der Waals surface area (Å²) in [5, 5.41) is 12.9. The number of anilines is 1. The van der Waals surface area contributed by atoms with Crippen LogP contribution in [0.25, 0.3) is 0 Å². The van der Waals surface area contributed by atoms with Crippen LogP contribution in [-0.4, -0.2) is 54.9 Å². The van der Waals surface area contributed by atoms with E-state index < -0.39 is 0 Å². The summed E-state index contributed by atoms with van der Waals surface area (Å²) >= 11 is 6.02. The number of H-pyrrole nitrogens is 1. The second-order valence-corrected chi connectivity index (χ2v) is 6.29. The summed E-state index contributed by atoms with van der Waals surface area (Å²) in [4.78, 5) is 14.2. The lowest BCUT2D eigenvalue weighted by Crippen LogP contribution is -2.47. The predicted molar refractivity (Wildman–Crippen MR) is 98.5 cm³/mol. The van der Waals surface area contributed by atoms with Gasteiger partial charge in [-0.25, -0.2) is 5.10 Å². The van der Waals surface area contributed by atoms with Gasteiger partial charge in [0.15, 0.2) is 0 Å². The van der Waals surface area contributed by atoms with Gasteiger partial charge in [0.1, 0.15) is 11.4 Å². The molecule has 25 heavy (non-hydrogen) atoms. The number of aromatic nitrogens is 2. The van der Waals surface area contributed by atoms with Gasteiger partial charge in [-0.1, -0.05) is 23.7 Å². The SMILES string of the molecule is COc1ccc(C2CNCCN2CCNc2c(Cl)cn[nH]c2=O)cc1. The Morgan fingerprint density at radius 3 is 2.92 bits per heavy atom. The molecule has 1 aromatic carbocycles. The van der Waals surface area contributed by atoms with Gasteiger partial charge in [-0.2, -0.15) is 5.10 Å². The molecule has 3 N–H and O–H groups in total. The van der Waals surface area contributed by atoms with Gasteiger partial charge in [0.2, 0.25) is 0 Å². The molecule has 0 saturated carbocycles. The summed E-state index contributed by atoms with van der Waals surface area (Å²) in [6, 6.07) is 8.45. The van der Waals surface area contributed by atoms with Crippen molar-refractivity contribution in [3.63, 3.8) is 0 Å². The summed E-state index contributed by atoms with van der Waals surface area (Å²) in [6.07, 6.45) is 1.43. The predicted octanol–water partition coefficient (Wildman–Crippen LogP) is 1.49. The molecule has 0 radical (unpaired) electrons. The maximum atomic E-state index is 11.8. The lowest BCUT2D eigenvalue weighted by molar-refractivity contribution is 0.168. The third-order valence-corrected chi connectivity index (χ3v) is 4.65. The van der Waals surface area contributed by atoms with Gasteiger partial charge in [0.25, 0.3) is 5.56 Å². The monoisotopic (exact) mass is 363 g/mol. The highest BCUT2D eigenvalue weighted by atomic mass is 35.5. The number of aromatic amines is 1. The Hall–Kier alpha value is -2.09. The Bertz CT molecular complexity index is 749.